The minimum absolute atomic E-state index is 0.158. The molecule has 0 unspecified atom stereocenters. The molecule has 0 saturated carbocycles. The Kier molecular flexibility index (Phi) is 4.46. The van der Waals surface area contributed by atoms with Crippen molar-refractivity contribution in [3.63, 3.8) is 0 Å². The quantitative estimate of drug-likeness (QED) is 0.334. The van der Waals surface area contributed by atoms with Crippen molar-refractivity contribution in [3.8, 4) is 0 Å². The van der Waals surface area contributed by atoms with Crippen molar-refractivity contribution in [3.05, 3.63) is 28.1 Å². The standard InChI is InChI=1S/C13H16BrN5O2/c1-3-21-12(20)11-7-5-17-10(14)4-8(7)19(2)9(11)6-18-13(15)16/h4-5H,3,6H2,1-2H3,(H4,15,16,18). The lowest BCUT2D eigenvalue weighted by Gasteiger charge is -2.08. The normalized spacial score (nSPS) is 10.6. The summed E-state index contributed by atoms with van der Waals surface area (Å²) in [4.78, 5) is 16.4. The van der Waals surface area contributed by atoms with Gasteiger partial charge in [-0.1, -0.05) is 0 Å². The van der Waals surface area contributed by atoms with Crippen LogP contribution in [0.2, 0.25) is 0 Å². The fourth-order valence-corrected chi connectivity index (χ4v) is 2.50. The summed E-state index contributed by atoms with van der Waals surface area (Å²) in [5.41, 5.74) is 7.31. The second kappa shape index (κ2) is 6.13. The Bertz CT molecular complexity index is 710. The highest BCUT2D eigenvalue weighted by Crippen LogP contribution is 2.27. The van der Waals surface area contributed by atoms with Crippen LogP contribution in [0.5, 0.6) is 0 Å². The van der Waals surface area contributed by atoms with Crippen LogP contribution in [0.3, 0.4) is 0 Å². The molecule has 2 aromatic heterocycles. The van der Waals surface area contributed by atoms with Gasteiger partial charge in [0.2, 0.25) is 0 Å². The fraction of sp³-hybridized carbons (Fsp3) is 0.308. The zero-order valence-corrected chi connectivity index (χ0v) is 13.3. The monoisotopic (exact) mass is 353 g/mol. The summed E-state index contributed by atoms with van der Waals surface area (Å²) in [7, 11) is 1.84. The number of nitrogens with one attached hydrogen (secondary N) is 2. The van der Waals surface area contributed by atoms with Gasteiger partial charge in [-0.05, 0) is 28.9 Å². The molecule has 0 amide bonds. The number of aromatic nitrogens is 2. The van der Waals surface area contributed by atoms with Gasteiger partial charge in [0.25, 0.3) is 0 Å². The van der Waals surface area contributed by atoms with E-state index < -0.39 is 5.97 Å². The van der Waals surface area contributed by atoms with Crippen LogP contribution in [0, 0.1) is 5.41 Å². The molecule has 0 atom stereocenters. The van der Waals surface area contributed by atoms with Gasteiger partial charge < -0.3 is 20.4 Å². The van der Waals surface area contributed by atoms with Crippen LogP contribution < -0.4 is 11.1 Å². The molecule has 2 aromatic rings. The summed E-state index contributed by atoms with van der Waals surface area (Å²) in [6.07, 6.45) is 1.63. The first-order valence-corrected chi connectivity index (χ1v) is 7.12. The second-order valence-electron chi connectivity index (χ2n) is 4.39. The van der Waals surface area contributed by atoms with Crippen molar-refractivity contribution in [2.45, 2.75) is 13.5 Å². The summed E-state index contributed by atoms with van der Waals surface area (Å²) in [5.74, 6) is -0.568. The van der Waals surface area contributed by atoms with Crippen molar-refractivity contribution in [1.29, 1.82) is 5.41 Å². The Balaban J connectivity index is 2.62. The topological polar surface area (TPSA) is 106 Å². The second-order valence-corrected chi connectivity index (χ2v) is 5.21. The predicted molar refractivity (Wildman–Crippen MR) is 83.1 cm³/mol. The summed E-state index contributed by atoms with van der Waals surface area (Å²) in [6.45, 7) is 2.30. The number of nitrogens with zero attached hydrogens (tertiary/aromatic N) is 2. The highest BCUT2D eigenvalue weighted by molar-refractivity contribution is 9.10. The van der Waals surface area contributed by atoms with Crippen molar-refractivity contribution in [1.82, 2.24) is 14.9 Å². The lowest BCUT2D eigenvalue weighted by atomic mass is 10.1. The molecule has 2 heterocycles. The van der Waals surface area contributed by atoms with Crippen LogP contribution in [-0.4, -0.2) is 28.1 Å². The lowest BCUT2D eigenvalue weighted by molar-refractivity contribution is 0.0527. The van der Waals surface area contributed by atoms with Gasteiger partial charge in [0, 0.05) is 18.6 Å². The maximum atomic E-state index is 12.2. The van der Waals surface area contributed by atoms with Gasteiger partial charge in [-0.15, -0.1) is 0 Å². The van der Waals surface area contributed by atoms with E-state index in [1.165, 1.54) is 0 Å². The van der Waals surface area contributed by atoms with E-state index in [-0.39, 0.29) is 12.5 Å². The third kappa shape index (κ3) is 2.99. The molecule has 112 valence electrons. The van der Waals surface area contributed by atoms with E-state index in [9.17, 15) is 4.79 Å². The molecular formula is C13H16BrN5O2. The summed E-state index contributed by atoms with van der Waals surface area (Å²) >= 11 is 3.32. The molecular weight excluding hydrogens is 338 g/mol. The van der Waals surface area contributed by atoms with Gasteiger partial charge in [0.05, 0.1) is 29.9 Å². The molecule has 4 N–H and O–H groups in total. The molecule has 0 aromatic carbocycles. The molecule has 0 aliphatic rings. The number of ether oxygens (including phenoxy) is 1. The Morgan fingerprint density at radius 2 is 2.33 bits per heavy atom. The maximum absolute atomic E-state index is 12.2. The van der Waals surface area contributed by atoms with E-state index in [1.807, 2.05) is 17.7 Å². The van der Waals surface area contributed by atoms with Crippen LogP contribution in [0.15, 0.2) is 16.9 Å². The smallest absolute Gasteiger partial charge is 0.340 e. The largest absolute Gasteiger partial charge is 0.462 e. The Morgan fingerprint density at radius 1 is 1.62 bits per heavy atom. The first kappa shape index (κ1) is 15.3. The summed E-state index contributed by atoms with van der Waals surface area (Å²) in [5, 5.41) is 10.7. The molecule has 21 heavy (non-hydrogen) atoms. The number of guanidine groups is 1. The average Bonchev–Trinajstić information content (AvgIpc) is 2.69. The summed E-state index contributed by atoms with van der Waals surface area (Å²) < 4.78 is 7.67. The first-order chi connectivity index (χ1) is 9.95. The van der Waals surface area contributed by atoms with Crippen LogP contribution in [0.4, 0.5) is 0 Å². The zero-order valence-electron chi connectivity index (χ0n) is 11.7. The average molecular weight is 354 g/mol. The number of carbonyl (C=O) groups is 1. The number of pyridine rings is 1. The van der Waals surface area contributed by atoms with Gasteiger partial charge >= 0.3 is 5.97 Å². The number of nitrogens with two attached hydrogens (primary N) is 1. The molecule has 0 aliphatic heterocycles. The third-order valence-electron chi connectivity index (χ3n) is 3.10. The SMILES string of the molecule is CCOC(=O)c1c(CNC(=N)N)n(C)c2cc(Br)ncc12. The predicted octanol–water partition coefficient (Wildman–Crippen LogP) is 1.50. The molecule has 2 rings (SSSR count). The first-order valence-electron chi connectivity index (χ1n) is 6.33. The van der Waals surface area contributed by atoms with Gasteiger partial charge in [-0.25, -0.2) is 9.78 Å². The van der Waals surface area contributed by atoms with Gasteiger partial charge in [0.15, 0.2) is 5.96 Å². The van der Waals surface area contributed by atoms with Crippen LogP contribution in [-0.2, 0) is 18.3 Å². The van der Waals surface area contributed by atoms with Crippen molar-refractivity contribution < 1.29 is 9.53 Å². The van der Waals surface area contributed by atoms with E-state index in [0.717, 1.165) is 5.52 Å². The number of halogens is 1. The van der Waals surface area contributed by atoms with E-state index in [1.54, 1.807) is 13.1 Å². The summed E-state index contributed by atoms with van der Waals surface area (Å²) in [6, 6.07) is 1.83. The van der Waals surface area contributed by atoms with Crippen LogP contribution >= 0.6 is 15.9 Å². The van der Waals surface area contributed by atoms with Crippen LogP contribution in [0.1, 0.15) is 23.0 Å². The molecule has 7 nitrogen and oxygen atoms in total. The molecule has 0 aliphatic carbocycles. The third-order valence-corrected chi connectivity index (χ3v) is 3.53. The Labute approximate surface area is 130 Å². The van der Waals surface area contributed by atoms with Crippen molar-refractivity contribution in [2.75, 3.05) is 6.61 Å². The highest BCUT2D eigenvalue weighted by atomic mass is 79.9. The van der Waals surface area contributed by atoms with E-state index in [4.69, 9.17) is 15.9 Å². The molecule has 8 heteroatoms. The number of aryl methyl sites for hydroxylation is 1. The molecule has 0 fully saturated rings. The minimum atomic E-state index is -0.410. The molecule has 0 radical (unpaired) electrons. The number of fused-ring (bicyclic) bond motifs is 1. The number of hydrogen-bond donors (Lipinski definition) is 3. The zero-order chi connectivity index (χ0) is 15.6. The Morgan fingerprint density at radius 3 is 2.95 bits per heavy atom. The number of esters is 1. The number of hydrogen-bond acceptors (Lipinski definition) is 4. The Hall–Kier alpha value is -2.09. The molecule has 0 saturated heterocycles. The van der Waals surface area contributed by atoms with E-state index >= 15 is 0 Å². The van der Waals surface area contributed by atoms with Crippen molar-refractivity contribution in [2.24, 2.45) is 12.8 Å². The lowest BCUT2D eigenvalue weighted by Crippen LogP contribution is -2.31. The highest BCUT2D eigenvalue weighted by Gasteiger charge is 2.22. The molecule has 0 spiro atoms. The van der Waals surface area contributed by atoms with Crippen LogP contribution in [0.25, 0.3) is 10.9 Å². The maximum Gasteiger partial charge on any atom is 0.340 e. The fourth-order valence-electron chi connectivity index (χ4n) is 2.18. The van der Waals surface area contributed by atoms with Gasteiger partial charge in [-0.2, -0.15) is 0 Å². The van der Waals surface area contributed by atoms with E-state index in [2.05, 4.69) is 26.2 Å². The van der Waals surface area contributed by atoms with Gasteiger partial charge in [0.1, 0.15) is 4.60 Å². The number of rotatable bonds is 4. The minimum Gasteiger partial charge on any atom is -0.462 e. The molecule has 0 bridgehead atoms. The number of carbonyl (C=O) groups excluding carboxylic acids is 1. The van der Waals surface area contributed by atoms with E-state index in [0.29, 0.717) is 27.9 Å². The van der Waals surface area contributed by atoms with Gasteiger partial charge in [-0.3, -0.25) is 5.41 Å². The van der Waals surface area contributed by atoms with Crippen molar-refractivity contribution >= 4 is 38.8 Å².